The van der Waals surface area contributed by atoms with Gasteiger partial charge in [0.1, 0.15) is 0 Å². The monoisotopic (exact) mass is 287 g/mol. The summed E-state index contributed by atoms with van der Waals surface area (Å²) >= 11 is 5.84. The molecule has 0 aliphatic heterocycles. The Morgan fingerprint density at radius 1 is 1.05 bits per heavy atom. The molecule has 0 heterocycles. The molecule has 2 aromatic rings. The van der Waals surface area contributed by atoms with Gasteiger partial charge in [-0.05, 0) is 50.2 Å². The van der Waals surface area contributed by atoms with Crippen LogP contribution in [-0.4, -0.2) is 18.9 Å². The minimum Gasteiger partial charge on any atom is -0.364 e. The number of carbonyl (C=O) groups excluding carboxylic acids is 1. The number of nitrogens with zero attached hydrogens (tertiary/aromatic N) is 1. The molecule has 0 fully saturated rings. The molecule has 0 radical (unpaired) electrons. The molecular weight excluding hydrogens is 270 g/mol. The van der Waals surface area contributed by atoms with Gasteiger partial charge in [0.2, 0.25) is 0 Å². The molecule has 0 atom stereocenters. The molecule has 0 amide bonds. The predicted octanol–water partition coefficient (Wildman–Crippen LogP) is 4.36. The first-order valence-electron chi connectivity index (χ1n) is 6.70. The van der Waals surface area contributed by atoms with E-state index in [4.69, 9.17) is 11.6 Å². The molecule has 0 aromatic heterocycles. The Morgan fingerprint density at radius 3 is 2.20 bits per heavy atom. The number of rotatable bonds is 5. The summed E-state index contributed by atoms with van der Waals surface area (Å²) in [6.07, 6.45) is 0. The van der Waals surface area contributed by atoms with Gasteiger partial charge in [-0.3, -0.25) is 4.79 Å². The maximum Gasteiger partial charge on any atom is 0.182 e. The lowest BCUT2D eigenvalue weighted by atomic mass is 10.1. The Hall–Kier alpha value is -1.80. The van der Waals surface area contributed by atoms with Crippen LogP contribution in [-0.2, 0) is 0 Å². The van der Waals surface area contributed by atoms with Crippen LogP contribution < -0.4 is 4.90 Å². The number of Topliss-reactive ketones (excluding diaryl/α,β-unsaturated/α-hetero) is 1. The van der Waals surface area contributed by atoms with Crippen LogP contribution in [0.25, 0.3) is 0 Å². The van der Waals surface area contributed by atoms with Crippen molar-refractivity contribution in [1.82, 2.24) is 0 Å². The highest BCUT2D eigenvalue weighted by Crippen LogP contribution is 2.16. The average Bonchev–Trinajstić information content (AvgIpc) is 2.46. The first-order valence-corrected chi connectivity index (χ1v) is 7.08. The van der Waals surface area contributed by atoms with Crippen molar-refractivity contribution < 1.29 is 4.79 Å². The quantitative estimate of drug-likeness (QED) is 0.762. The van der Waals surface area contributed by atoms with E-state index in [9.17, 15) is 4.79 Å². The van der Waals surface area contributed by atoms with Gasteiger partial charge < -0.3 is 4.90 Å². The minimum absolute atomic E-state index is 0.101. The van der Waals surface area contributed by atoms with Crippen molar-refractivity contribution in [2.24, 2.45) is 0 Å². The number of aryl methyl sites for hydroxylation is 1. The number of ketones is 1. The molecule has 0 spiro atoms. The van der Waals surface area contributed by atoms with E-state index in [1.165, 1.54) is 5.56 Å². The zero-order valence-corrected chi connectivity index (χ0v) is 12.5. The van der Waals surface area contributed by atoms with E-state index in [2.05, 4.69) is 30.9 Å². The standard InChI is InChI=1S/C17H18ClNO/c1-3-19(16-10-4-13(2)5-11-16)12-17(20)14-6-8-15(18)9-7-14/h4-11H,3,12H2,1-2H3. The summed E-state index contributed by atoms with van der Waals surface area (Å²) in [7, 11) is 0. The normalized spacial score (nSPS) is 10.3. The van der Waals surface area contributed by atoms with Gasteiger partial charge in [-0.2, -0.15) is 0 Å². The molecule has 0 unspecified atom stereocenters. The second kappa shape index (κ2) is 6.58. The van der Waals surface area contributed by atoms with Crippen LogP contribution in [0.1, 0.15) is 22.8 Å². The number of benzene rings is 2. The van der Waals surface area contributed by atoms with Gasteiger partial charge >= 0.3 is 0 Å². The van der Waals surface area contributed by atoms with Crippen LogP contribution in [0.2, 0.25) is 5.02 Å². The van der Waals surface area contributed by atoms with E-state index in [0.717, 1.165) is 12.2 Å². The minimum atomic E-state index is 0.101. The summed E-state index contributed by atoms with van der Waals surface area (Å²) < 4.78 is 0. The summed E-state index contributed by atoms with van der Waals surface area (Å²) in [6, 6.07) is 15.3. The largest absolute Gasteiger partial charge is 0.364 e. The van der Waals surface area contributed by atoms with E-state index in [1.807, 2.05) is 12.1 Å². The van der Waals surface area contributed by atoms with Crippen molar-refractivity contribution in [3.05, 3.63) is 64.7 Å². The van der Waals surface area contributed by atoms with Crippen LogP contribution in [0.4, 0.5) is 5.69 Å². The molecule has 2 aromatic carbocycles. The number of hydrogen-bond acceptors (Lipinski definition) is 2. The second-order valence-corrected chi connectivity index (χ2v) is 5.22. The molecule has 0 aliphatic rings. The lowest BCUT2D eigenvalue weighted by Crippen LogP contribution is -2.29. The van der Waals surface area contributed by atoms with E-state index >= 15 is 0 Å². The highest BCUT2D eigenvalue weighted by Gasteiger charge is 2.11. The van der Waals surface area contributed by atoms with Crippen molar-refractivity contribution in [3.8, 4) is 0 Å². The molecule has 0 aliphatic carbocycles. The first kappa shape index (κ1) is 14.6. The van der Waals surface area contributed by atoms with Gasteiger partial charge in [0.15, 0.2) is 5.78 Å². The summed E-state index contributed by atoms with van der Waals surface area (Å²) in [5.74, 6) is 0.101. The first-order chi connectivity index (χ1) is 9.60. The smallest absolute Gasteiger partial charge is 0.182 e. The van der Waals surface area contributed by atoms with E-state index in [0.29, 0.717) is 17.1 Å². The lowest BCUT2D eigenvalue weighted by Gasteiger charge is -2.22. The molecule has 3 heteroatoms. The Morgan fingerprint density at radius 2 is 1.65 bits per heavy atom. The Balaban J connectivity index is 2.11. The molecule has 0 bridgehead atoms. The molecule has 20 heavy (non-hydrogen) atoms. The van der Waals surface area contributed by atoms with Gasteiger partial charge in [0.05, 0.1) is 6.54 Å². The predicted molar refractivity (Wildman–Crippen MR) is 84.8 cm³/mol. The van der Waals surface area contributed by atoms with Gasteiger partial charge in [-0.15, -0.1) is 0 Å². The number of anilines is 1. The van der Waals surface area contributed by atoms with Crippen LogP contribution in [0.5, 0.6) is 0 Å². The van der Waals surface area contributed by atoms with Crippen molar-refractivity contribution in [1.29, 1.82) is 0 Å². The number of hydrogen-bond donors (Lipinski definition) is 0. The SMILES string of the molecule is CCN(CC(=O)c1ccc(Cl)cc1)c1ccc(C)cc1. The fourth-order valence-electron chi connectivity index (χ4n) is 2.04. The van der Waals surface area contributed by atoms with Crippen molar-refractivity contribution in [2.45, 2.75) is 13.8 Å². The molecular formula is C17H18ClNO. The van der Waals surface area contributed by atoms with E-state index in [-0.39, 0.29) is 5.78 Å². The molecule has 104 valence electrons. The van der Waals surface area contributed by atoms with Crippen LogP contribution in [0, 0.1) is 6.92 Å². The molecule has 0 saturated carbocycles. The Kier molecular flexibility index (Phi) is 4.80. The molecule has 0 N–H and O–H groups in total. The summed E-state index contributed by atoms with van der Waals surface area (Å²) in [4.78, 5) is 14.3. The zero-order valence-electron chi connectivity index (χ0n) is 11.8. The van der Waals surface area contributed by atoms with Gasteiger partial charge in [-0.25, -0.2) is 0 Å². The maximum absolute atomic E-state index is 12.3. The van der Waals surface area contributed by atoms with Crippen molar-refractivity contribution in [3.63, 3.8) is 0 Å². The highest BCUT2D eigenvalue weighted by atomic mass is 35.5. The fraction of sp³-hybridized carbons (Fsp3) is 0.235. The third-order valence-electron chi connectivity index (χ3n) is 3.28. The average molecular weight is 288 g/mol. The van der Waals surface area contributed by atoms with Gasteiger partial charge in [0.25, 0.3) is 0 Å². The number of carbonyl (C=O) groups is 1. The van der Waals surface area contributed by atoms with Crippen LogP contribution >= 0.6 is 11.6 Å². The van der Waals surface area contributed by atoms with Crippen molar-refractivity contribution in [2.75, 3.05) is 18.0 Å². The third kappa shape index (κ3) is 3.61. The summed E-state index contributed by atoms with van der Waals surface area (Å²) in [6.45, 7) is 5.28. The maximum atomic E-state index is 12.3. The fourth-order valence-corrected chi connectivity index (χ4v) is 2.17. The molecule has 2 nitrogen and oxygen atoms in total. The Bertz CT molecular complexity index is 575. The Labute approximate surface area is 125 Å². The summed E-state index contributed by atoms with van der Waals surface area (Å²) in [5, 5.41) is 0.646. The van der Waals surface area contributed by atoms with Gasteiger partial charge in [0, 0.05) is 22.8 Å². The second-order valence-electron chi connectivity index (χ2n) is 4.78. The lowest BCUT2D eigenvalue weighted by molar-refractivity contribution is 0.0999. The van der Waals surface area contributed by atoms with Crippen molar-refractivity contribution >= 4 is 23.1 Å². The highest BCUT2D eigenvalue weighted by molar-refractivity contribution is 6.30. The van der Waals surface area contributed by atoms with E-state index in [1.54, 1.807) is 24.3 Å². The number of halogens is 1. The van der Waals surface area contributed by atoms with E-state index < -0.39 is 0 Å². The third-order valence-corrected chi connectivity index (χ3v) is 3.53. The van der Waals surface area contributed by atoms with Crippen LogP contribution in [0.15, 0.2) is 48.5 Å². The molecule has 0 saturated heterocycles. The number of likely N-dealkylation sites (N-methyl/N-ethyl adjacent to an activating group) is 1. The van der Waals surface area contributed by atoms with Gasteiger partial charge in [-0.1, -0.05) is 29.3 Å². The zero-order chi connectivity index (χ0) is 14.5. The topological polar surface area (TPSA) is 20.3 Å². The summed E-state index contributed by atoms with van der Waals surface area (Å²) in [5.41, 5.74) is 2.98. The van der Waals surface area contributed by atoms with Crippen LogP contribution in [0.3, 0.4) is 0 Å². The molecule has 2 rings (SSSR count).